The Morgan fingerprint density at radius 2 is 2.00 bits per heavy atom. The Morgan fingerprint density at radius 1 is 1.38 bits per heavy atom. The van der Waals surface area contributed by atoms with Crippen LogP contribution in [-0.2, 0) is 11.8 Å². The second-order valence-corrected chi connectivity index (χ2v) is 5.55. The van der Waals surface area contributed by atoms with Gasteiger partial charge in [-0.25, -0.2) is 0 Å². The molecule has 0 aliphatic heterocycles. The van der Waals surface area contributed by atoms with Crippen LogP contribution < -0.4 is 15.8 Å². The molecule has 0 radical (unpaired) electrons. The zero-order chi connectivity index (χ0) is 17.0. The summed E-state index contributed by atoms with van der Waals surface area (Å²) >= 11 is 0. The van der Waals surface area contributed by atoms with Gasteiger partial charge < -0.3 is 15.8 Å². The summed E-state index contributed by atoms with van der Waals surface area (Å²) in [5.74, 6) is 1.25. The number of nitrogens with two attached hydrogens (primary N) is 1. The molecule has 0 saturated heterocycles. The normalized spacial score (nSPS) is 11.5. The summed E-state index contributed by atoms with van der Waals surface area (Å²) in [5.41, 5.74) is 8.61. The zero-order valence-electron chi connectivity index (χ0n) is 14.5. The van der Waals surface area contributed by atoms with Crippen molar-refractivity contribution in [3.63, 3.8) is 0 Å². The minimum absolute atomic E-state index is 0. The van der Waals surface area contributed by atoms with E-state index in [-0.39, 0.29) is 18.3 Å². The summed E-state index contributed by atoms with van der Waals surface area (Å²) < 4.78 is 6.86. The van der Waals surface area contributed by atoms with E-state index < -0.39 is 6.04 Å². The van der Waals surface area contributed by atoms with Gasteiger partial charge in [-0.3, -0.25) is 9.48 Å². The van der Waals surface area contributed by atoms with Gasteiger partial charge in [0.05, 0.1) is 18.8 Å². The van der Waals surface area contributed by atoms with Crippen molar-refractivity contribution in [3.05, 3.63) is 30.0 Å². The molecular formula is C17H25ClN4O2. The van der Waals surface area contributed by atoms with Crippen molar-refractivity contribution >= 4 is 24.1 Å². The predicted octanol–water partition coefficient (Wildman–Crippen LogP) is 2.89. The maximum absolute atomic E-state index is 12.3. The van der Waals surface area contributed by atoms with Crippen LogP contribution in [0.15, 0.2) is 24.3 Å². The van der Waals surface area contributed by atoms with Gasteiger partial charge in [-0.15, -0.1) is 12.4 Å². The van der Waals surface area contributed by atoms with Crippen LogP contribution in [0.4, 0.5) is 5.82 Å². The molecule has 0 aliphatic rings. The summed E-state index contributed by atoms with van der Waals surface area (Å²) in [6.07, 6.45) is 1.52. The second kappa shape index (κ2) is 8.70. The van der Waals surface area contributed by atoms with E-state index in [4.69, 9.17) is 10.5 Å². The number of nitrogens with one attached hydrogen (secondary N) is 1. The van der Waals surface area contributed by atoms with Gasteiger partial charge in [0.2, 0.25) is 5.91 Å². The number of anilines is 1. The number of ether oxygens (including phenoxy) is 1. The van der Waals surface area contributed by atoms with Crippen LogP contribution in [0, 0.1) is 6.92 Å². The Balaban J connectivity index is 0.00000288. The summed E-state index contributed by atoms with van der Waals surface area (Å²) in [7, 11) is 3.44. The number of rotatable bonds is 6. The molecule has 0 bridgehead atoms. The van der Waals surface area contributed by atoms with Crippen molar-refractivity contribution in [1.29, 1.82) is 0 Å². The van der Waals surface area contributed by atoms with E-state index in [9.17, 15) is 4.79 Å². The highest BCUT2D eigenvalue weighted by Gasteiger charge is 2.20. The standard InChI is InChI=1S/C17H24N4O2.ClH/c1-5-6-14(18)17(22)19-16-15(11(2)20-21(16)3)12-7-9-13(23-4)10-8-12;/h7-10,14H,5-6,18H2,1-4H3,(H,19,22);1H/t14-;/m0./s1. The Hall–Kier alpha value is -2.05. The minimum atomic E-state index is -0.515. The van der Waals surface area contributed by atoms with Crippen LogP contribution in [0.5, 0.6) is 5.75 Å². The van der Waals surface area contributed by atoms with Crippen molar-refractivity contribution in [3.8, 4) is 16.9 Å². The number of halogens is 1. The Kier molecular flexibility index (Phi) is 7.25. The van der Waals surface area contributed by atoms with E-state index >= 15 is 0 Å². The Morgan fingerprint density at radius 3 is 2.54 bits per heavy atom. The molecule has 0 spiro atoms. The maximum atomic E-state index is 12.3. The van der Waals surface area contributed by atoms with Crippen LogP contribution in [0.25, 0.3) is 11.1 Å². The highest BCUT2D eigenvalue weighted by Crippen LogP contribution is 2.32. The fourth-order valence-corrected chi connectivity index (χ4v) is 2.56. The van der Waals surface area contributed by atoms with E-state index in [2.05, 4.69) is 10.4 Å². The predicted molar refractivity (Wildman–Crippen MR) is 98.7 cm³/mol. The fourth-order valence-electron chi connectivity index (χ4n) is 2.56. The molecule has 0 aliphatic carbocycles. The number of carbonyl (C=O) groups is 1. The Bertz CT molecular complexity index is 683. The first-order chi connectivity index (χ1) is 11.0. The van der Waals surface area contributed by atoms with Gasteiger partial charge in [-0.1, -0.05) is 25.5 Å². The van der Waals surface area contributed by atoms with E-state index in [1.54, 1.807) is 18.8 Å². The van der Waals surface area contributed by atoms with Gasteiger partial charge in [0.1, 0.15) is 11.6 Å². The summed E-state index contributed by atoms with van der Waals surface area (Å²) in [6, 6.07) is 7.15. The molecule has 0 unspecified atom stereocenters. The number of carbonyl (C=O) groups excluding carboxylic acids is 1. The third-order valence-corrected chi connectivity index (χ3v) is 3.78. The van der Waals surface area contributed by atoms with Crippen molar-refractivity contribution < 1.29 is 9.53 Å². The van der Waals surface area contributed by atoms with E-state index in [0.717, 1.165) is 29.0 Å². The van der Waals surface area contributed by atoms with Crippen LogP contribution in [0.3, 0.4) is 0 Å². The molecule has 3 N–H and O–H groups in total. The van der Waals surface area contributed by atoms with Gasteiger partial charge in [0.25, 0.3) is 0 Å². The summed E-state index contributed by atoms with van der Waals surface area (Å²) in [5, 5.41) is 7.33. The lowest BCUT2D eigenvalue weighted by atomic mass is 10.1. The van der Waals surface area contributed by atoms with Crippen LogP contribution in [-0.4, -0.2) is 28.8 Å². The molecule has 2 aromatic rings. The van der Waals surface area contributed by atoms with Crippen LogP contribution in [0.2, 0.25) is 0 Å². The molecule has 2 rings (SSSR count). The minimum Gasteiger partial charge on any atom is -0.497 e. The van der Waals surface area contributed by atoms with Crippen LogP contribution in [0.1, 0.15) is 25.5 Å². The highest BCUT2D eigenvalue weighted by atomic mass is 35.5. The molecule has 1 atom stereocenters. The fraction of sp³-hybridized carbons (Fsp3) is 0.412. The topological polar surface area (TPSA) is 82.2 Å². The number of aromatic nitrogens is 2. The average molecular weight is 353 g/mol. The van der Waals surface area contributed by atoms with Gasteiger partial charge in [0.15, 0.2) is 0 Å². The van der Waals surface area contributed by atoms with E-state index in [1.807, 2.05) is 38.1 Å². The lowest BCUT2D eigenvalue weighted by molar-refractivity contribution is -0.117. The van der Waals surface area contributed by atoms with Gasteiger partial charge in [0, 0.05) is 12.6 Å². The van der Waals surface area contributed by atoms with Gasteiger partial charge in [-0.05, 0) is 31.0 Å². The molecule has 0 saturated carbocycles. The number of hydrogen-bond donors (Lipinski definition) is 2. The third-order valence-electron chi connectivity index (χ3n) is 3.78. The van der Waals surface area contributed by atoms with Gasteiger partial charge in [-0.2, -0.15) is 5.10 Å². The first-order valence-corrected chi connectivity index (χ1v) is 7.72. The lowest BCUT2D eigenvalue weighted by Crippen LogP contribution is -2.36. The average Bonchev–Trinajstić information content (AvgIpc) is 2.81. The number of benzene rings is 1. The smallest absolute Gasteiger partial charge is 0.242 e. The molecule has 7 heteroatoms. The number of hydrogen-bond acceptors (Lipinski definition) is 4. The molecule has 1 amide bonds. The highest BCUT2D eigenvalue weighted by molar-refractivity contribution is 5.97. The zero-order valence-corrected chi connectivity index (χ0v) is 15.3. The number of methoxy groups -OCH3 is 1. The maximum Gasteiger partial charge on any atom is 0.242 e. The molecule has 0 fully saturated rings. The van der Waals surface area contributed by atoms with Crippen molar-refractivity contribution in [2.45, 2.75) is 32.7 Å². The number of nitrogens with zero attached hydrogens (tertiary/aromatic N) is 2. The lowest BCUT2D eigenvalue weighted by Gasteiger charge is -2.13. The molecule has 1 heterocycles. The third kappa shape index (κ3) is 4.27. The molecule has 6 nitrogen and oxygen atoms in total. The number of aryl methyl sites for hydroxylation is 2. The molecule has 132 valence electrons. The summed E-state index contributed by atoms with van der Waals surface area (Å²) in [4.78, 5) is 12.3. The second-order valence-electron chi connectivity index (χ2n) is 5.55. The van der Waals surface area contributed by atoms with Crippen molar-refractivity contribution in [1.82, 2.24) is 9.78 Å². The monoisotopic (exact) mass is 352 g/mol. The molecular weight excluding hydrogens is 328 g/mol. The van der Waals surface area contributed by atoms with E-state index in [1.165, 1.54) is 0 Å². The quantitative estimate of drug-likeness (QED) is 0.837. The molecule has 1 aromatic carbocycles. The number of amides is 1. The first kappa shape index (κ1) is 20.0. The van der Waals surface area contributed by atoms with Gasteiger partial charge >= 0.3 is 0 Å². The first-order valence-electron chi connectivity index (χ1n) is 7.72. The molecule has 1 aromatic heterocycles. The summed E-state index contributed by atoms with van der Waals surface area (Å²) in [6.45, 7) is 3.92. The largest absolute Gasteiger partial charge is 0.497 e. The van der Waals surface area contributed by atoms with E-state index in [0.29, 0.717) is 12.2 Å². The molecule has 24 heavy (non-hydrogen) atoms. The van der Waals surface area contributed by atoms with Crippen LogP contribution >= 0.6 is 12.4 Å². The van der Waals surface area contributed by atoms with Crippen molar-refractivity contribution in [2.75, 3.05) is 12.4 Å². The SMILES string of the molecule is CCC[C@H](N)C(=O)Nc1c(-c2ccc(OC)cc2)c(C)nn1C.Cl. The Labute approximate surface area is 148 Å². The van der Waals surface area contributed by atoms with Crippen molar-refractivity contribution in [2.24, 2.45) is 12.8 Å².